The number of benzene rings is 5. The fourth-order valence-electron chi connectivity index (χ4n) is 9.01. The maximum Gasteiger partial charge on any atom is 0.343 e. The summed E-state index contributed by atoms with van der Waals surface area (Å²) >= 11 is 0. The Hall–Kier alpha value is -7.05. The van der Waals surface area contributed by atoms with Gasteiger partial charge in [-0.3, -0.25) is 4.79 Å². The molecule has 9 rings (SSSR count). The van der Waals surface area contributed by atoms with Crippen LogP contribution in [0.1, 0.15) is 77.2 Å². The fourth-order valence-corrected chi connectivity index (χ4v) is 9.01. The highest BCUT2D eigenvalue weighted by Crippen LogP contribution is 2.43. The van der Waals surface area contributed by atoms with Crippen molar-refractivity contribution < 1.29 is 23.8 Å². The molecule has 1 aliphatic heterocycles. The molecule has 7 aromatic rings. The van der Waals surface area contributed by atoms with Crippen LogP contribution in [0.15, 0.2) is 146 Å². The third-order valence-corrected chi connectivity index (χ3v) is 11.9. The van der Waals surface area contributed by atoms with Crippen molar-refractivity contribution in [1.29, 1.82) is 0 Å². The lowest BCUT2D eigenvalue weighted by atomic mass is 9.77. The first kappa shape index (κ1) is 40.4. The Morgan fingerprint density at radius 2 is 1.42 bits per heavy atom. The number of para-hydroxylation sites is 1. The first-order valence-corrected chi connectivity index (χ1v) is 21.3. The maximum absolute atomic E-state index is 13.6. The monoisotopic (exact) mass is 827 g/mol. The van der Waals surface area contributed by atoms with E-state index in [0.29, 0.717) is 30.2 Å². The molecule has 2 aliphatic rings. The molecule has 5 aromatic carbocycles. The number of hydrogen-bond donors (Lipinski definition) is 1. The summed E-state index contributed by atoms with van der Waals surface area (Å²) in [7, 11) is 0. The molecular weight excluding hydrogens is 779 g/mol. The Kier molecular flexibility index (Phi) is 11.6. The molecule has 12 nitrogen and oxygen atoms in total. The van der Waals surface area contributed by atoms with Gasteiger partial charge in [0.05, 0.1) is 28.6 Å². The molecule has 12 heteroatoms. The number of ether oxygens (including phenoxy) is 3. The van der Waals surface area contributed by atoms with Crippen LogP contribution in [0.2, 0.25) is 0 Å². The Balaban J connectivity index is 1.02. The molecule has 0 radical (unpaired) electrons. The molecule has 62 heavy (non-hydrogen) atoms. The second kappa shape index (κ2) is 17.9. The summed E-state index contributed by atoms with van der Waals surface area (Å²) in [5.41, 5.74) is 7.69. The van der Waals surface area contributed by atoms with Gasteiger partial charge in [0.1, 0.15) is 5.54 Å². The average Bonchev–Trinajstić information content (AvgIpc) is 4.06. The van der Waals surface area contributed by atoms with Crippen LogP contribution in [0.3, 0.4) is 0 Å². The molecule has 1 N–H and O–H groups in total. The summed E-state index contributed by atoms with van der Waals surface area (Å²) in [5, 5.41) is 17.3. The number of tetrazole rings is 1. The van der Waals surface area contributed by atoms with Gasteiger partial charge in [-0.05, 0) is 95.3 Å². The molecule has 1 fully saturated rings. The topological polar surface area (TPSA) is 126 Å². The number of carbonyl (C=O) groups excluding carboxylic acids is 2. The normalized spacial score (nSPS) is 15.2. The molecule has 3 heterocycles. The number of aromatic nitrogens is 5. The lowest BCUT2D eigenvalue weighted by Gasteiger charge is -2.36. The average molecular weight is 828 g/mol. The van der Waals surface area contributed by atoms with Crippen LogP contribution in [0.5, 0.6) is 0 Å². The van der Waals surface area contributed by atoms with E-state index in [4.69, 9.17) is 24.5 Å². The second-order valence-corrected chi connectivity index (χ2v) is 15.8. The predicted octanol–water partition coefficient (Wildman–Crippen LogP) is 9.27. The van der Waals surface area contributed by atoms with Gasteiger partial charge in [-0.25, -0.2) is 9.48 Å². The fraction of sp³-hybridized carbons (Fsp3) is 0.260. The minimum Gasteiger partial charge on any atom is -0.428 e. The van der Waals surface area contributed by atoms with Gasteiger partial charge in [-0.15, -0.1) is 5.10 Å². The second-order valence-electron chi connectivity index (χ2n) is 15.8. The van der Waals surface area contributed by atoms with Crippen LogP contribution < -0.4 is 10.2 Å². The lowest BCUT2D eigenvalue weighted by molar-refractivity contribution is -0.158. The van der Waals surface area contributed by atoms with Gasteiger partial charge >= 0.3 is 11.9 Å². The molecular formula is C50H49N7O5. The van der Waals surface area contributed by atoms with Gasteiger partial charge in [-0.1, -0.05) is 128 Å². The summed E-state index contributed by atoms with van der Waals surface area (Å²) in [5.74, 6) is -0.419. The number of nitrogens with zero attached hydrogens (tertiary/aromatic N) is 6. The number of anilines is 2. The van der Waals surface area contributed by atoms with E-state index in [1.54, 1.807) is 12.1 Å². The number of esters is 2. The lowest BCUT2D eigenvalue weighted by Crippen LogP contribution is -2.39. The summed E-state index contributed by atoms with van der Waals surface area (Å²) in [4.78, 5) is 28.2. The number of aryl methyl sites for hydroxylation is 1. The Labute approximate surface area is 361 Å². The van der Waals surface area contributed by atoms with Crippen molar-refractivity contribution in [1.82, 2.24) is 24.8 Å². The largest absolute Gasteiger partial charge is 0.428 e. The van der Waals surface area contributed by atoms with Gasteiger partial charge < -0.3 is 29.0 Å². The van der Waals surface area contributed by atoms with Crippen molar-refractivity contribution in [2.24, 2.45) is 5.92 Å². The maximum atomic E-state index is 13.6. The number of rotatable bonds is 14. The van der Waals surface area contributed by atoms with Crippen LogP contribution in [0.4, 0.5) is 11.4 Å². The Morgan fingerprint density at radius 1 is 0.774 bits per heavy atom. The number of fused-ring (bicyclic) bond motifs is 1. The van der Waals surface area contributed by atoms with Gasteiger partial charge in [-0.2, -0.15) is 0 Å². The molecule has 0 bridgehead atoms. The zero-order valence-electron chi connectivity index (χ0n) is 34.9. The van der Waals surface area contributed by atoms with Gasteiger partial charge in [0.25, 0.3) is 0 Å². The van der Waals surface area contributed by atoms with E-state index in [0.717, 1.165) is 77.0 Å². The molecule has 0 amide bonds. The van der Waals surface area contributed by atoms with E-state index in [-0.39, 0.29) is 11.9 Å². The SMILES string of the molecule is CCOC1Nc2cccc(C(=O)OCOC(=O)C3CCCCC3)c2N1Cc1ccc(-n2cc(C)cc2-c2nnnn2C(c2ccccc2)(c2ccccc2)c2ccccc2)cc1. The molecule has 0 spiro atoms. The number of hydrogen-bond acceptors (Lipinski definition) is 10. The van der Waals surface area contributed by atoms with Crippen molar-refractivity contribution in [3.63, 3.8) is 0 Å². The highest BCUT2D eigenvalue weighted by molar-refractivity contribution is 6.00. The third kappa shape index (κ3) is 7.73. The number of carbonyl (C=O) groups is 2. The van der Waals surface area contributed by atoms with Crippen molar-refractivity contribution >= 4 is 23.3 Å². The Morgan fingerprint density at radius 3 is 2.05 bits per heavy atom. The van der Waals surface area contributed by atoms with E-state index in [1.165, 1.54) is 0 Å². The molecule has 314 valence electrons. The van der Waals surface area contributed by atoms with Crippen molar-refractivity contribution in [3.05, 3.63) is 179 Å². The molecule has 0 saturated heterocycles. The molecule has 1 saturated carbocycles. The van der Waals surface area contributed by atoms with Crippen LogP contribution in [0.25, 0.3) is 17.2 Å². The van der Waals surface area contributed by atoms with E-state index < -0.39 is 24.7 Å². The van der Waals surface area contributed by atoms with Crippen LogP contribution in [-0.4, -0.2) is 56.5 Å². The van der Waals surface area contributed by atoms with E-state index in [2.05, 4.69) is 94.9 Å². The quantitative estimate of drug-likeness (QED) is 0.0645. The molecule has 1 unspecified atom stereocenters. The van der Waals surface area contributed by atoms with Crippen molar-refractivity contribution in [2.45, 2.75) is 64.4 Å². The Bertz CT molecular complexity index is 2530. The van der Waals surface area contributed by atoms with Gasteiger partial charge in [0.15, 0.2) is 0 Å². The molecule has 2 aromatic heterocycles. The molecule has 1 aliphatic carbocycles. The summed E-state index contributed by atoms with van der Waals surface area (Å²) in [6.07, 6.45) is 6.34. The van der Waals surface area contributed by atoms with E-state index in [1.807, 2.05) is 77.2 Å². The van der Waals surface area contributed by atoms with Crippen molar-refractivity contribution in [2.75, 3.05) is 23.6 Å². The summed E-state index contributed by atoms with van der Waals surface area (Å²) < 4.78 is 21.1. The third-order valence-electron chi connectivity index (χ3n) is 11.9. The highest BCUT2D eigenvalue weighted by Gasteiger charge is 2.42. The van der Waals surface area contributed by atoms with E-state index >= 15 is 0 Å². The van der Waals surface area contributed by atoms with Crippen LogP contribution in [-0.2, 0) is 31.1 Å². The standard InChI is InChI=1S/C50H49N7O5/c1-3-60-49-51-43-26-16-25-42(48(59)62-34-61-47(58)37-17-8-4-9-18-37)45(43)56(49)33-36-27-29-41(30-28-36)55-32-35(2)31-44(55)46-52-53-54-57(46)50(38-19-10-5-11-20-38,39-21-12-6-13-22-39)40-23-14-7-15-24-40/h5-7,10-16,19-32,37,49,51H,3-4,8-9,17-18,33-34H2,1-2H3. The molecule has 1 atom stereocenters. The first-order chi connectivity index (χ1) is 30.4. The summed E-state index contributed by atoms with van der Waals surface area (Å²) in [6, 6.07) is 46.9. The van der Waals surface area contributed by atoms with Crippen LogP contribution >= 0.6 is 0 Å². The minimum absolute atomic E-state index is 0.134. The smallest absolute Gasteiger partial charge is 0.343 e. The highest BCUT2D eigenvalue weighted by atomic mass is 16.7. The van der Waals surface area contributed by atoms with Gasteiger partial charge in [0.2, 0.25) is 19.0 Å². The zero-order chi connectivity index (χ0) is 42.5. The summed E-state index contributed by atoms with van der Waals surface area (Å²) in [6.45, 7) is 4.45. The van der Waals surface area contributed by atoms with Crippen molar-refractivity contribution in [3.8, 4) is 17.2 Å². The first-order valence-electron chi connectivity index (χ1n) is 21.3. The minimum atomic E-state index is -0.905. The number of nitrogens with one attached hydrogen (secondary N) is 1. The van der Waals surface area contributed by atoms with E-state index in [9.17, 15) is 9.59 Å². The van der Waals surface area contributed by atoms with Gasteiger partial charge in [0, 0.05) is 25.0 Å². The van der Waals surface area contributed by atoms with Crippen LogP contribution in [0, 0.1) is 12.8 Å². The predicted molar refractivity (Wildman–Crippen MR) is 237 cm³/mol. The zero-order valence-corrected chi connectivity index (χ0v) is 34.9.